The fourth-order valence-electron chi connectivity index (χ4n) is 1.73. The van der Waals surface area contributed by atoms with Gasteiger partial charge in [-0.3, -0.25) is 4.79 Å². The number of carboxylic acids is 1. The molecule has 0 aliphatic rings. The maximum atomic E-state index is 11.8. The molecule has 0 atom stereocenters. The summed E-state index contributed by atoms with van der Waals surface area (Å²) in [5.74, 6) is -0.110. The Kier molecular flexibility index (Phi) is 3.41. The number of aromatic carboxylic acids is 1. The van der Waals surface area contributed by atoms with Crippen LogP contribution in [0.3, 0.4) is 0 Å². The third-order valence-electron chi connectivity index (χ3n) is 2.73. The molecule has 0 radical (unpaired) electrons. The average molecular weight is 263 g/mol. The SMILES string of the molecule is Cc1oc(CNC(=O)c2ccoc2C)cc1C(=O)O. The minimum Gasteiger partial charge on any atom is -0.478 e. The quantitative estimate of drug-likeness (QED) is 0.881. The number of furan rings is 2. The predicted molar refractivity (Wildman–Crippen MR) is 65.0 cm³/mol. The minimum absolute atomic E-state index is 0.101. The molecule has 0 saturated carbocycles. The summed E-state index contributed by atoms with van der Waals surface area (Å²) >= 11 is 0. The molecule has 2 heterocycles. The number of hydrogen-bond acceptors (Lipinski definition) is 4. The van der Waals surface area contributed by atoms with Crippen LogP contribution in [-0.4, -0.2) is 17.0 Å². The second-order valence-electron chi connectivity index (χ2n) is 4.06. The monoisotopic (exact) mass is 263 g/mol. The molecular formula is C13H13NO5. The Morgan fingerprint density at radius 3 is 2.53 bits per heavy atom. The van der Waals surface area contributed by atoms with Crippen LogP contribution < -0.4 is 5.32 Å². The molecule has 0 aliphatic carbocycles. The van der Waals surface area contributed by atoms with E-state index in [2.05, 4.69) is 5.32 Å². The van der Waals surface area contributed by atoms with Gasteiger partial charge in [0.25, 0.3) is 5.91 Å². The van der Waals surface area contributed by atoms with Gasteiger partial charge in [0, 0.05) is 0 Å². The first-order valence-corrected chi connectivity index (χ1v) is 5.64. The number of carbonyl (C=O) groups is 2. The summed E-state index contributed by atoms with van der Waals surface area (Å²) in [6.07, 6.45) is 1.43. The van der Waals surface area contributed by atoms with Gasteiger partial charge in [0.05, 0.1) is 18.4 Å². The van der Waals surface area contributed by atoms with E-state index in [1.165, 1.54) is 12.3 Å². The zero-order valence-corrected chi connectivity index (χ0v) is 10.5. The van der Waals surface area contributed by atoms with Gasteiger partial charge in [-0.15, -0.1) is 0 Å². The third-order valence-corrected chi connectivity index (χ3v) is 2.73. The van der Waals surface area contributed by atoms with Gasteiger partial charge in [0.1, 0.15) is 22.8 Å². The van der Waals surface area contributed by atoms with Crippen molar-refractivity contribution in [1.82, 2.24) is 5.32 Å². The largest absolute Gasteiger partial charge is 0.478 e. The molecular weight excluding hydrogens is 250 g/mol. The van der Waals surface area contributed by atoms with E-state index in [4.69, 9.17) is 13.9 Å². The highest BCUT2D eigenvalue weighted by Crippen LogP contribution is 2.15. The highest BCUT2D eigenvalue weighted by molar-refractivity contribution is 5.95. The molecule has 0 saturated heterocycles. The standard InChI is InChI=1S/C13H13NO5/c1-7-10(3-4-18-7)12(15)14-6-9-5-11(13(16)17)8(2)19-9/h3-5H,6H2,1-2H3,(H,14,15)(H,16,17). The maximum absolute atomic E-state index is 11.8. The van der Waals surface area contributed by atoms with Crippen molar-refractivity contribution in [3.63, 3.8) is 0 Å². The van der Waals surface area contributed by atoms with Gasteiger partial charge >= 0.3 is 5.97 Å². The average Bonchev–Trinajstić information content (AvgIpc) is 2.92. The molecule has 0 unspecified atom stereocenters. The second kappa shape index (κ2) is 5.01. The number of carbonyl (C=O) groups excluding carboxylic acids is 1. The summed E-state index contributed by atoms with van der Waals surface area (Å²) in [5.41, 5.74) is 0.547. The van der Waals surface area contributed by atoms with E-state index in [-0.39, 0.29) is 18.0 Å². The lowest BCUT2D eigenvalue weighted by Crippen LogP contribution is -2.22. The van der Waals surface area contributed by atoms with Gasteiger partial charge in [-0.25, -0.2) is 4.79 Å². The highest BCUT2D eigenvalue weighted by atomic mass is 16.4. The lowest BCUT2D eigenvalue weighted by molar-refractivity contribution is 0.0694. The number of rotatable bonds is 4. The van der Waals surface area contributed by atoms with Crippen LogP contribution in [0.5, 0.6) is 0 Å². The van der Waals surface area contributed by atoms with Crippen molar-refractivity contribution in [3.05, 3.63) is 46.8 Å². The van der Waals surface area contributed by atoms with E-state index in [0.717, 1.165) is 0 Å². The van der Waals surface area contributed by atoms with Crippen LogP contribution in [0.4, 0.5) is 0 Å². The molecule has 2 aromatic rings. The number of aryl methyl sites for hydroxylation is 2. The van der Waals surface area contributed by atoms with Crippen molar-refractivity contribution in [2.75, 3.05) is 0 Å². The van der Waals surface area contributed by atoms with Crippen LogP contribution in [0.1, 0.15) is 38.0 Å². The predicted octanol–water partition coefficient (Wildman–Crippen LogP) is 2.12. The molecule has 6 nitrogen and oxygen atoms in total. The molecule has 2 rings (SSSR count). The van der Waals surface area contributed by atoms with Crippen molar-refractivity contribution in [2.24, 2.45) is 0 Å². The molecule has 19 heavy (non-hydrogen) atoms. The summed E-state index contributed by atoms with van der Waals surface area (Å²) in [4.78, 5) is 22.6. The van der Waals surface area contributed by atoms with E-state index >= 15 is 0 Å². The van der Waals surface area contributed by atoms with Gasteiger partial charge in [0.15, 0.2) is 0 Å². The van der Waals surface area contributed by atoms with Crippen molar-refractivity contribution in [3.8, 4) is 0 Å². The Morgan fingerprint density at radius 2 is 2.00 bits per heavy atom. The van der Waals surface area contributed by atoms with Crippen LogP contribution in [-0.2, 0) is 6.54 Å². The second-order valence-corrected chi connectivity index (χ2v) is 4.06. The van der Waals surface area contributed by atoms with Crippen molar-refractivity contribution >= 4 is 11.9 Å². The normalized spacial score (nSPS) is 10.4. The lowest BCUT2D eigenvalue weighted by Gasteiger charge is -2.01. The van der Waals surface area contributed by atoms with Crippen LogP contribution in [0.25, 0.3) is 0 Å². The van der Waals surface area contributed by atoms with Crippen LogP contribution in [0.15, 0.2) is 27.2 Å². The first-order chi connectivity index (χ1) is 8.99. The maximum Gasteiger partial charge on any atom is 0.339 e. The highest BCUT2D eigenvalue weighted by Gasteiger charge is 2.15. The molecule has 0 spiro atoms. The molecule has 0 aliphatic heterocycles. The molecule has 100 valence electrons. The van der Waals surface area contributed by atoms with E-state index in [1.54, 1.807) is 19.9 Å². The van der Waals surface area contributed by atoms with Gasteiger partial charge < -0.3 is 19.3 Å². The Morgan fingerprint density at radius 1 is 1.26 bits per heavy atom. The topological polar surface area (TPSA) is 92.7 Å². The van der Waals surface area contributed by atoms with Crippen molar-refractivity contribution in [1.29, 1.82) is 0 Å². The summed E-state index contributed by atoms with van der Waals surface area (Å²) in [5, 5.41) is 11.5. The molecule has 0 fully saturated rings. The number of carboxylic acid groups (broad SMARTS) is 1. The van der Waals surface area contributed by atoms with E-state index in [0.29, 0.717) is 22.8 Å². The van der Waals surface area contributed by atoms with E-state index in [1.807, 2.05) is 0 Å². The Labute approximate surface area is 109 Å². The Hall–Kier alpha value is -2.50. The van der Waals surface area contributed by atoms with Gasteiger partial charge in [-0.1, -0.05) is 0 Å². The number of amides is 1. The number of nitrogens with one attached hydrogen (secondary N) is 1. The van der Waals surface area contributed by atoms with Gasteiger partial charge in [0.2, 0.25) is 0 Å². The third kappa shape index (κ3) is 2.67. The van der Waals surface area contributed by atoms with Crippen LogP contribution in [0.2, 0.25) is 0 Å². The molecule has 2 aromatic heterocycles. The molecule has 0 aromatic carbocycles. The van der Waals surface area contributed by atoms with E-state index < -0.39 is 5.97 Å². The summed E-state index contributed by atoms with van der Waals surface area (Å²) in [7, 11) is 0. The fourth-order valence-corrected chi connectivity index (χ4v) is 1.73. The zero-order valence-electron chi connectivity index (χ0n) is 10.5. The molecule has 2 N–H and O–H groups in total. The summed E-state index contributed by atoms with van der Waals surface area (Å²) in [6.45, 7) is 3.38. The molecule has 1 amide bonds. The first-order valence-electron chi connectivity index (χ1n) is 5.64. The summed E-state index contributed by atoms with van der Waals surface area (Å²) < 4.78 is 10.3. The molecule has 0 bridgehead atoms. The number of hydrogen-bond donors (Lipinski definition) is 2. The minimum atomic E-state index is -1.05. The van der Waals surface area contributed by atoms with Crippen molar-refractivity contribution in [2.45, 2.75) is 20.4 Å². The van der Waals surface area contributed by atoms with E-state index in [9.17, 15) is 9.59 Å². The zero-order chi connectivity index (χ0) is 14.0. The van der Waals surface area contributed by atoms with Crippen LogP contribution in [0, 0.1) is 13.8 Å². The van der Waals surface area contributed by atoms with Crippen LogP contribution >= 0.6 is 0 Å². The van der Waals surface area contributed by atoms with Gasteiger partial charge in [-0.2, -0.15) is 0 Å². The fraction of sp³-hybridized carbons (Fsp3) is 0.231. The van der Waals surface area contributed by atoms with Crippen molar-refractivity contribution < 1.29 is 23.5 Å². The lowest BCUT2D eigenvalue weighted by atomic mass is 10.2. The first kappa shape index (κ1) is 12.9. The molecule has 6 heteroatoms. The Balaban J connectivity index is 2.03. The Bertz CT molecular complexity index is 623. The summed E-state index contributed by atoms with van der Waals surface area (Å²) in [6, 6.07) is 2.97. The van der Waals surface area contributed by atoms with Gasteiger partial charge in [-0.05, 0) is 26.0 Å². The smallest absolute Gasteiger partial charge is 0.339 e.